The molecule has 0 aliphatic carbocycles. The lowest BCUT2D eigenvalue weighted by Crippen LogP contribution is -1.98. The molecule has 1 heterocycles. The van der Waals surface area contributed by atoms with Gasteiger partial charge in [0.2, 0.25) is 0 Å². The minimum absolute atomic E-state index is 0.716. The molecule has 1 heteroatoms. The first-order valence-corrected chi connectivity index (χ1v) is 4.89. The second kappa shape index (κ2) is 5.34. The van der Waals surface area contributed by atoms with E-state index in [9.17, 15) is 0 Å². The topological polar surface area (TPSA) is 12.4 Å². The third-order valence-corrected chi connectivity index (χ3v) is 2.31. The summed E-state index contributed by atoms with van der Waals surface area (Å²) in [5.41, 5.74) is 0. The van der Waals surface area contributed by atoms with E-state index in [0.29, 0.717) is 5.92 Å². The van der Waals surface area contributed by atoms with Gasteiger partial charge in [0.25, 0.3) is 0 Å². The molecular weight excluding hydrogens is 134 g/mol. The van der Waals surface area contributed by atoms with Crippen LogP contribution in [-0.4, -0.2) is 12.8 Å². The minimum atomic E-state index is 0.716. The van der Waals surface area contributed by atoms with Crippen molar-refractivity contribution in [3.05, 3.63) is 0 Å². The summed E-state index contributed by atoms with van der Waals surface area (Å²) in [6.45, 7) is 3.33. The van der Waals surface area contributed by atoms with E-state index in [1.54, 1.807) is 0 Å². The van der Waals surface area contributed by atoms with Gasteiger partial charge in [0.1, 0.15) is 0 Å². The Bertz CT molecular complexity index is 118. The van der Waals surface area contributed by atoms with E-state index in [4.69, 9.17) is 0 Å². The van der Waals surface area contributed by atoms with Crippen LogP contribution in [0.5, 0.6) is 0 Å². The maximum Gasteiger partial charge on any atom is 0.0385 e. The number of nitrogens with zero attached hydrogens (tertiary/aromatic N) is 1. The Kier molecular flexibility index (Phi) is 4.25. The van der Waals surface area contributed by atoms with Crippen LogP contribution in [0.3, 0.4) is 0 Å². The highest BCUT2D eigenvalue weighted by Crippen LogP contribution is 2.11. The fourth-order valence-electron chi connectivity index (χ4n) is 1.53. The monoisotopic (exact) mass is 153 g/mol. The minimum Gasteiger partial charge on any atom is -0.297 e. The average Bonchev–Trinajstić information content (AvgIpc) is 2.03. The predicted molar refractivity (Wildman–Crippen MR) is 50.2 cm³/mol. The number of rotatable bonds is 0. The third kappa shape index (κ3) is 4.18. The summed E-state index contributed by atoms with van der Waals surface area (Å²) >= 11 is 0. The van der Waals surface area contributed by atoms with E-state index in [2.05, 4.69) is 18.1 Å². The van der Waals surface area contributed by atoms with Gasteiger partial charge < -0.3 is 0 Å². The van der Waals surface area contributed by atoms with Crippen molar-refractivity contribution in [1.82, 2.24) is 0 Å². The van der Waals surface area contributed by atoms with Gasteiger partial charge in [-0.1, -0.05) is 32.6 Å². The first-order valence-electron chi connectivity index (χ1n) is 4.89. The van der Waals surface area contributed by atoms with Gasteiger partial charge in [-0.2, -0.15) is 0 Å². The zero-order valence-electron chi connectivity index (χ0n) is 7.55. The molecule has 1 rings (SSSR count). The summed E-state index contributed by atoms with van der Waals surface area (Å²) in [5, 5.41) is 0. The maximum atomic E-state index is 4.39. The lowest BCUT2D eigenvalue weighted by atomic mass is 10.0. The van der Waals surface area contributed by atoms with Gasteiger partial charge in [0.15, 0.2) is 0 Å². The van der Waals surface area contributed by atoms with Gasteiger partial charge in [-0.05, 0) is 18.8 Å². The SMILES string of the molecule is CC1C=NCCCCCCC1. The normalized spacial score (nSPS) is 28.3. The van der Waals surface area contributed by atoms with Crippen LogP contribution >= 0.6 is 0 Å². The summed E-state index contributed by atoms with van der Waals surface area (Å²) < 4.78 is 0. The molecule has 0 N–H and O–H groups in total. The molecule has 0 amide bonds. The van der Waals surface area contributed by atoms with Crippen LogP contribution in [0.1, 0.15) is 45.4 Å². The number of hydrogen-bond acceptors (Lipinski definition) is 1. The van der Waals surface area contributed by atoms with Gasteiger partial charge in [-0.3, -0.25) is 4.99 Å². The molecule has 0 saturated heterocycles. The van der Waals surface area contributed by atoms with Crippen LogP contribution < -0.4 is 0 Å². The molecule has 1 aliphatic rings. The Balaban J connectivity index is 2.26. The van der Waals surface area contributed by atoms with Gasteiger partial charge >= 0.3 is 0 Å². The fraction of sp³-hybridized carbons (Fsp3) is 0.900. The Hall–Kier alpha value is -0.330. The molecule has 1 unspecified atom stereocenters. The maximum absolute atomic E-state index is 4.39. The molecule has 0 aromatic rings. The van der Waals surface area contributed by atoms with E-state index < -0.39 is 0 Å². The summed E-state index contributed by atoms with van der Waals surface area (Å²) in [5.74, 6) is 0.716. The number of hydrogen-bond donors (Lipinski definition) is 0. The van der Waals surface area contributed by atoms with Crippen molar-refractivity contribution in [3.63, 3.8) is 0 Å². The predicted octanol–water partition coefficient (Wildman–Crippen LogP) is 3.05. The molecule has 0 aromatic carbocycles. The second-order valence-corrected chi connectivity index (χ2v) is 3.59. The van der Waals surface area contributed by atoms with Crippen LogP contribution in [0.2, 0.25) is 0 Å². The standard InChI is InChI=1S/C10H19N/c1-10-7-5-3-2-4-6-8-11-9-10/h9-10H,2-8H2,1H3. The average molecular weight is 153 g/mol. The molecule has 0 aromatic heterocycles. The van der Waals surface area contributed by atoms with Crippen molar-refractivity contribution in [3.8, 4) is 0 Å². The van der Waals surface area contributed by atoms with E-state index in [0.717, 1.165) is 6.54 Å². The van der Waals surface area contributed by atoms with Crippen LogP contribution in [0.15, 0.2) is 4.99 Å². The Morgan fingerprint density at radius 3 is 2.73 bits per heavy atom. The van der Waals surface area contributed by atoms with Crippen molar-refractivity contribution in [1.29, 1.82) is 0 Å². The molecule has 0 spiro atoms. The quantitative estimate of drug-likeness (QED) is 0.507. The Morgan fingerprint density at radius 2 is 1.82 bits per heavy atom. The van der Waals surface area contributed by atoms with Gasteiger partial charge in [0, 0.05) is 12.8 Å². The Labute approximate surface area is 69.9 Å². The van der Waals surface area contributed by atoms with E-state index in [-0.39, 0.29) is 0 Å². The van der Waals surface area contributed by atoms with Crippen LogP contribution in [0.4, 0.5) is 0 Å². The van der Waals surface area contributed by atoms with Crippen LogP contribution in [-0.2, 0) is 0 Å². The first kappa shape index (κ1) is 8.76. The zero-order chi connectivity index (χ0) is 7.94. The van der Waals surface area contributed by atoms with Gasteiger partial charge in [0.05, 0.1) is 0 Å². The van der Waals surface area contributed by atoms with Crippen molar-refractivity contribution >= 4 is 6.21 Å². The lowest BCUT2D eigenvalue weighted by molar-refractivity contribution is 0.555. The molecular formula is C10H19N. The van der Waals surface area contributed by atoms with Crippen LogP contribution in [0.25, 0.3) is 0 Å². The highest BCUT2D eigenvalue weighted by Gasteiger charge is 1.99. The van der Waals surface area contributed by atoms with E-state index >= 15 is 0 Å². The third-order valence-electron chi connectivity index (χ3n) is 2.31. The first-order chi connectivity index (χ1) is 5.39. The van der Waals surface area contributed by atoms with Crippen molar-refractivity contribution in [2.75, 3.05) is 6.54 Å². The van der Waals surface area contributed by atoms with Crippen molar-refractivity contribution in [2.24, 2.45) is 10.9 Å². The lowest BCUT2D eigenvalue weighted by Gasteiger charge is -2.07. The van der Waals surface area contributed by atoms with Crippen molar-refractivity contribution in [2.45, 2.75) is 45.4 Å². The summed E-state index contributed by atoms with van der Waals surface area (Å²) in [4.78, 5) is 4.39. The largest absolute Gasteiger partial charge is 0.297 e. The highest BCUT2D eigenvalue weighted by molar-refractivity contribution is 5.59. The fourth-order valence-corrected chi connectivity index (χ4v) is 1.53. The molecule has 0 fully saturated rings. The molecule has 0 radical (unpaired) electrons. The van der Waals surface area contributed by atoms with Crippen LogP contribution in [0, 0.1) is 5.92 Å². The summed E-state index contributed by atoms with van der Waals surface area (Å²) in [6, 6.07) is 0. The molecule has 0 saturated carbocycles. The molecule has 0 bridgehead atoms. The molecule has 11 heavy (non-hydrogen) atoms. The molecule has 1 atom stereocenters. The van der Waals surface area contributed by atoms with E-state index in [1.807, 2.05) is 0 Å². The molecule has 64 valence electrons. The summed E-state index contributed by atoms with van der Waals surface area (Å²) in [7, 11) is 0. The molecule has 1 nitrogen and oxygen atoms in total. The number of aliphatic imine (C=N–C) groups is 1. The highest BCUT2D eigenvalue weighted by atomic mass is 14.7. The molecule has 1 aliphatic heterocycles. The van der Waals surface area contributed by atoms with Gasteiger partial charge in [-0.15, -0.1) is 0 Å². The second-order valence-electron chi connectivity index (χ2n) is 3.59. The zero-order valence-corrected chi connectivity index (χ0v) is 7.55. The van der Waals surface area contributed by atoms with Crippen molar-refractivity contribution < 1.29 is 0 Å². The smallest absolute Gasteiger partial charge is 0.0385 e. The summed E-state index contributed by atoms with van der Waals surface area (Å²) in [6.07, 6.45) is 10.4. The van der Waals surface area contributed by atoms with Gasteiger partial charge in [-0.25, -0.2) is 0 Å². The Morgan fingerprint density at radius 1 is 1.09 bits per heavy atom. The van der Waals surface area contributed by atoms with E-state index in [1.165, 1.54) is 38.5 Å².